The Labute approximate surface area is 88.5 Å². The first-order valence-corrected chi connectivity index (χ1v) is 4.81. The molecule has 1 aromatic rings. The lowest BCUT2D eigenvalue weighted by Gasteiger charge is -2.21. The van der Waals surface area contributed by atoms with Crippen LogP contribution in [0.15, 0.2) is 24.3 Å². The lowest BCUT2D eigenvalue weighted by molar-refractivity contribution is -0.120. The molecular formula is C11H15FN2O. The van der Waals surface area contributed by atoms with Gasteiger partial charge < -0.3 is 11.1 Å². The van der Waals surface area contributed by atoms with E-state index in [1.54, 1.807) is 6.92 Å². The summed E-state index contributed by atoms with van der Waals surface area (Å²) in [6, 6.07) is 5.57. The molecule has 0 saturated carbocycles. The van der Waals surface area contributed by atoms with E-state index in [-0.39, 0.29) is 11.7 Å². The molecule has 0 aliphatic heterocycles. The van der Waals surface area contributed by atoms with Crippen molar-refractivity contribution >= 4 is 11.6 Å². The third kappa shape index (κ3) is 3.02. The van der Waals surface area contributed by atoms with Gasteiger partial charge in [-0.3, -0.25) is 4.79 Å². The van der Waals surface area contributed by atoms with Gasteiger partial charge in [0, 0.05) is 5.69 Å². The molecular weight excluding hydrogens is 195 g/mol. The van der Waals surface area contributed by atoms with Crippen LogP contribution in [0.1, 0.15) is 20.3 Å². The van der Waals surface area contributed by atoms with Gasteiger partial charge in [0.15, 0.2) is 0 Å². The number of carbonyl (C=O) groups excluding carboxylic acids is 1. The molecule has 0 aliphatic rings. The monoisotopic (exact) mass is 210 g/mol. The molecule has 3 nitrogen and oxygen atoms in total. The first kappa shape index (κ1) is 11.7. The normalized spacial score (nSPS) is 14.4. The van der Waals surface area contributed by atoms with Crippen molar-refractivity contribution in [3.8, 4) is 0 Å². The molecule has 0 heterocycles. The fraction of sp³-hybridized carbons (Fsp3) is 0.364. The van der Waals surface area contributed by atoms with E-state index in [4.69, 9.17) is 5.73 Å². The summed E-state index contributed by atoms with van der Waals surface area (Å²) in [6.45, 7) is 3.50. The number of carbonyl (C=O) groups is 1. The number of hydrogen-bond donors (Lipinski definition) is 2. The Balaban J connectivity index is 2.71. The summed E-state index contributed by atoms with van der Waals surface area (Å²) in [5.41, 5.74) is 5.40. The SMILES string of the molecule is CCC(C)(N)C(=O)Nc1ccc(F)cc1. The van der Waals surface area contributed by atoms with Crippen molar-refractivity contribution < 1.29 is 9.18 Å². The van der Waals surface area contributed by atoms with E-state index in [0.717, 1.165) is 0 Å². The van der Waals surface area contributed by atoms with E-state index in [2.05, 4.69) is 5.32 Å². The van der Waals surface area contributed by atoms with Gasteiger partial charge in [-0.25, -0.2) is 4.39 Å². The van der Waals surface area contributed by atoms with Gasteiger partial charge >= 0.3 is 0 Å². The molecule has 0 saturated heterocycles. The Morgan fingerprint density at radius 1 is 1.47 bits per heavy atom. The zero-order valence-electron chi connectivity index (χ0n) is 8.88. The maximum Gasteiger partial charge on any atom is 0.244 e. The number of hydrogen-bond acceptors (Lipinski definition) is 2. The van der Waals surface area contributed by atoms with Crippen LogP contribution in [0.4, 0.5) is 10.1 Å². The standard InChI is InChI=1S/C11H15FN2O/c1-3-11(2,13)10(15)14-9-6-4-8(12)5-7-9/h4-7H,3,13H2,1-2H3,(H,14,15). The summed E-state index contributed by atoms with van der Waals surface area (Å²) in [6.07, 6.45) is 0.542. The molecule has 1 rings (SSSR count). The Morgan fingerprint density at radius 2 is 2.00 bits per heavy atom. The van der Waals surface area contributed by atoms with Gasteiger partial charge in [-0.15, -0.1) is 0 Å². The molecule has 1 amide bonds. The van der Waals surface area contributed by atoms with Crippen LogP contribution >= 0.6 is 0 Å². The third-order valence-electron chi connectivity index (χ3n) is 2.36. The van der Waals surface area contributed by atoms with Crippen molar-refractivity contribution in [2.24, 2.45) is 5.73 Å². The lowest BCUT2D eigenvalue weighted by Crippen LogP contribution is -2.47. The Morgan fingerprint density at radius 3 is 2.47 bits per heavy atom. The van der Waals surface area contributed by atoms with Crippen LogP contribution in [-0.2, 0) is 4.79 Å². The molecule has 15 heavy (non-hydrogen) atoms. The zero-order chi connectivity index (χ0) is 11.5. The number of nitrogens with two attached hydrogens (primary N) is 1. The minimum absolute atomic E-state index is 0.267. The fourth-order valence-corrected chi connectivity index (χ4v) is 0.968. The van der Waals surface area contributed by atoms with Crippen molar-refractivity contribution in [1.29, 1.82) is 0 Å². The van der Waals surface area contributed by atoms with Gasteiger partial charge in [0.2, 0.25) is 5.91 Å². The topological polar surface area (TPSA) is 55.1 Å². The Bertz CT molecular complexity index is 346. The number of nitrogens with one attached hydrogen (secondary N) is 1. The summed E-state index contributed by atoms with van der Waals surface area (Å²) < 4.78 is 12.6. The smallest absolute Gasteiger partial charge is 0.244 e. The molecule has 1 atom stereocenters. The average molecular weight is 210 g/mol. The van der Waals surface area contributed by atoms with E-state index in [9.17, 15) is 9.18 Å². The predicted molar refractivity (Wildman–Crippen MR) is 57.9 cm³/mol. The molecule has 0 aromatic heterocycles. The number of rotatable bonds is 3. The van der Waals surface area contributed by atoms with Crippen LogP contribution in [0.3, 0.4) is 0 Å². The van der Waals surface area contributed by atoms with Gasteiger partial charge in [-0.1, -0.05) is 6.92 Å². The molecule has 0 spiro atoms. The third-order valence-corrected chi connectivity index (χ3v) is 2.36. The van der Waals surface area contributed by atoms with Crippen molar-refractivity contribution in [2.75, 3.05) is 5.32 Å². The summed E-state index contributed by atoms with van der Waals surface area (Å²) in [5, 5.41) is 2.63. The van der Waals surface area contributed by atoms with Crippen molar-refractivity contribution in [2.45, 2.75) is 25.8 Å². The van der Waals surface area contributed by atoms with Gasteiger partial charge in [0.25, 0.3) is 0 Å². The maximum atomic E-state index is 12.6. The van der Waals surface area contributed by atoms with Gasteiger partial charge in [-0.05, 0) is 37.6 Å². The Hall–Kier alpha value is -1.42. The molecule has 0 aliphatic carbocycles. The second kappa shape index (κ2) is 4.40. The highest BCUT2D eigenvalue weighted by Crippen LogP contribution is 2.12. The van der Waals surface area contributed by atoms with Crippen molar-refractivity contribution in [3.63, 3.8) is 0 Å². The van der Waals surface area contributed by atoms with Crippen molar-refractivity contribution in [3.05, 3.63) is 30.1 Å². The molecule has 4 heteroatoms. The molecule has 0 fully saturated rings. The minimum atomic E-state index is -0.894. The number of halogens is 1. The summed E-state index contributed by atoms with van der Waals surface area (Å²) in [7, 11) is 0. The van der Waals surface area contributed by atoms with E-state index in [1.165, 1.54) is 24.3 Å². The highest BCUT2D eigenvalue weighted by molar-refractivity contribution is 5.97. The second-order valence-electron chi connectivity index (χ2n) is 3.73. The quantitative estimate of drug-likeness (QED) is 0.800. The van der Waals surface area contributed by atoms with E-state index < -0.39 is 5.54 Å². The van der Waals surface area contributed by atoms with E-state index in [0.29, 0.717) is 12.1 Å². The van der Waals surface area contributed by atoms with Gasteiger partial charge in [0.1, 0.15) is 5.82 Å². The van der Waals surface area contributed by atoms with Crippen LogP contribution in [-0.4, -0.2) is 11.4 Å². The summed E-state index contributed by atoms with van der Waals surface area (Å²) in [5.74, 6) is -0.601. The number of benzene rings is 1. The molecule has 0 bridgehead atoms. The fourth-order valence-electron chi connectivity index (χ4n) is 0.968. The first-order chi connectivity index (χ1) is 6.95. The van der Waals surface area contributed by atoms with Crippen LogP contribution in [0.5, 0.6) is 0 Å². The summed E-state index contributed by atoms with van der Waals surface area (Å²) >= 11 is 0. The largest absolute Gasteiger partial charge is 0.324 e. The lowest BCUT2D eigenvalue weighted by atomic mass is 9.99. The van der Waals surface area contributed by atoms with Crippen LogP contribution < -0.4 is 11.1 Å². The maximum absolute atomic E-state index is 12.6. The molecule has 3 N–H and O–H groups in total. The van der Waals surface area contributed by atoms with E-state index >= 15 is 0 Å². The molecule has 1 aromatic carbocycles. The average Bonchev–Trinajstić information content (AvgIpc) is 2.21. The van der Waals surface area contributed by atoms with Crippen molar-refractivity contribution in [1.82, 2.24) is 0 Å². The zero-order valence-corrected chi connectivity index (χ0v) is 8.88. The van der Waals surface area contributed by atoms with E-state index in [1.807, 2.05) is 6.92 Å². The summed E-state index contributed by atoms with van der Waals surface area (Å²) in [4.78, 5) is 11.6. The van der Waals surface area contributed by atoms with Crippen LogP contribution in [0.2, 0.25) is 0 Å². The van der Waals surface area contributed by atoms with Gasteiger partial charge in [0.05, 0.1) is 5.54 Å². The van der Waals surface area contributed by atoms with Gasteiger partial charge in [-0.2, -0.15) is 0 Å². The predicted octanol–water partition coefficient (Wildman–Crippen LogP) is 1.89. The minimum Gasteiger partial charge on any atom is -0.324 e. The Kier molecular flexibility index (Phi) is 3.42. The molecule has 1 unspecified atom stereocenters. The molecule has 82 valence electrons. The van der Waals surface area contributed by atoms with Crippen LogP contribution in [0.25, 0.3) is 0 Å². The highest BCUT2D eigenvalue weighted by atomic mass is 19.1. The van der Waals surface area contributed by atoms with Crippen LogP contribution in [0, 0.1) is 5.82 Å². The number of amides is 1. The first-order valence-electron chi connectivity index (χ1n) is 4.81. The number of anilines is 1. The second-order valence-corrected chi connectivity index (χ2v) is 3.73. The molecule has 0 radical (unpaired) electrons. The highest BCUT2D eigenvalue weighted by Gasteiger charge is 2.25.